The largest absolute Gasteiger partial charge is 0.508 e. The van der Waals surface area contributed by atoms with Crippen LogP contribution in [-0.2, 0) is 0 Å². The molecule has 1 aliphatic rings. The van der Waals surface area contributed by atoms with Gasteiger partial charge in [0.05, 0.1) is 11.7 Å². The van der Waals surface area contributed by atoms with Gasteiger partial charge in [0, 0.05) is 44.9 Å². The topological polar surface area (TPSA) is 96.2 Å². The van der Waals surface area contributed by atoms with Crippen LogP contribution < -0.4 is 5.32 Å². The number of rotatable bonds is 4. The molecule has 2 atom stereocenters. The van der Waals surface area contributed by atoms with Gasteiger partial charge >= 0.3 is 0 Å². The zero-order valence-corrected chi connectivity index (χ0v) is 11.6. The molecule has 5 N–H and O–H groups in total. The molecule has 1 heterocycles. The summed E-state index contributed by atoms with van der Waals surface area (Å²) in [6.07, 6.45) is -0.981. The lowest BCUT2D eigenvalue weighted by Gasteiger charge is -2.31. The first-order chi connectivity index (χ1) is 9.49. The van der Waals surface area contributed by atoms with Crippen molar-refractivity contribution in [3.63, 3.8) is 0 Å². The number of aliphatic hydroxyl groups excluding tert-OH is 1. The lowest BCUT2D eigenvalue weighted by Crippen LogP contribution is -2.45. The number of nitrogens with one attached hydrogen (secondary N) is 1. The van der Waals surface area contributed by atoms with Crippen molar-refractivity contribution in [1.82, 2.24) is 10.2 Å². The summed E-state index contributed by atoms with van der Waals surface area (Å²) >= 11 is 0. The number of phenols is 3. The molecular weight excluding hydrogens is 260 g/mol. The van der Waals surface area contributed by atoms with Crippen LogP contribution in [0, 0.1) is 5.92 Å². The summed E-state index contributed by atoms with van der Waals surface area (Å²) in [7, 11) is 0. The predicted molar refractivity (Wildman–Crippen MR) is 74.9 cm³/mol. The Kier molecular flexibility index (Phi) is 4.69. The number of aliphatic hydroxyl groups is 1. The predicted octanol–water partition coefficient (Wildman–Crippen LogP) is 0.378. The fraction of sp³-hybridized carbons (Fsp3) is 0.571. The number of hydrogen-bond acceptors (Lipinski definition) is 6. The van der Waals surface area contributed by atoms with Gasteiger partial charge < -0.3 is 30.6 Å². The van der Waals surface area contributed by atoms with Crippen LogP contribution in [0.4, 0.5) is 0 Å². The van der Waals surface area contributed by atoms with Gasteiger partial charge in [0.2, 0.25) is 0 Å². The second-order valence-electron chi connectivity index (χ2n) is 5.37. The summed E-state index contributed by atoms with van der Waals surface area (Å²) < 4.78 is 0. The fourth-order valence-corrected chi connectivity index (χ4v) is 2.60. The molecule has 2 unspecified atom stereocenters. The Morgan fingerprint density at radius 2 is 1.70 bits per heavy atom. The van der Waals surface area contributed by atoms with Gasteiger partial charge in [0.15, 0.2) is 0 Å². The number of nitrogens with zero attached hydrogens (tertiary/aromatic N) is 1. The van der Waals surface area contributed by atoms with Crippen molar-refractivity contribution >= 4 is 0 Å². The SMILES string of the molecule is CC(CN1CCNCC1)C(O)c1c(O)cc(O)cc1O. The number of phenolic OH excluding ortho intramolecular Hbond substituents is 3. The van der Waals surface area contributed by atoms with Crippen LogP contribution in [0.5, 0.6) is 17.2 Å². The average Bonchev–Trinajstić information content (AvgIpc) is 2.38. The van der Waals surface area contributed by atoms with Crippen molar-refractivity contribution in [3.05, 3.63) is 17.7 Å². The van der Waals surface area contributed by atoms with Crippen molar-refractivity contribution in [3.8, 4) is 17.2 Å². The number of benzene rings is 1. The van der Waals surface area contributed by atoms with E-state index >= 15 is 0 Å². The molecule has 6 heteroatoms. The molecule has 112 valence electrons. The van der Waals surface area contributed by atoms with Crippen molar-refractivity contribution in [2.75, 3.05) is 32.7 Å². The Bertz CT molecular complexity index is 437. The van der Waals surface area contributed by atoms with E-state index in [0.717, 1.165) is 38.3 Å². The van der Waals surface area contributed by atoms with E-state index < -0.39 is 6.10 Å². The Labute approximate surface area is 118 Å². The maximum absolute atomic E-state index is 10.3. The van der Waals surface area contributed by atoms with E-state index in [-0.39, 0.29) is 28.7 Å². The highest BCUT2D eigenvalue weighted by atomic mass is 16.3. The first-order valence-corrected chi connectivity index (χ1v) is 6.85. The van der Waals surface area contributed by atoms with E-state index in [2.05, 4.69) is 10.2 Å². The van der Waals surface area contributed by atoms with Crippen molar-refractivity contribution in [2.24, 2.45) is 5.92 Å². The van der Waals surface area contributed by atoms with Crippen LogP contribution in [0.15, 0.2) is 12.1 Å². The molecule has 0 radical (unpaired) electrons. The van der Waals surface area contributed by atoms with Gasteiger partial charge in [-0.15, -0.1) is 0 Å². The third kappa shape index (κ3) is 3.33. The number of piperazine rings is 1. The normalized spacial score (nSPS) is 19.7. The number of aromatic hydroxyl groups is 3. The quantitative estimate of drug-likeness (QED) is 0.548. The molecule has 0 saturated carbocycles. The first-order valence-electron chi connectivity index (χ1n) is 6.85. The molecule has 0 aromatic heterocycles. The minimum absolute atomic E-state index is 0.0745. The zero-order valence-electron chi connectivity index (χ0n) is 11.6. The molecular formula is C14H22N2O4. The van der Waals surface area contributed by atoms with Crippen LogP contribution in [0.1, 0.15) is 18.6 Å². The van der Waals surface area contributed by atoms with Gasteiger partial charge in [0.25, 0.3) is 0 Å². The van der Waals surface area contributed by atoms with Crippen LogP contribution in [0.25, 0.3) is 0 Å². The summed E-state index contributed by atoms with van der Waals surface area (Å²) in [5.74, 6) is -0.954. The molecule has 0 amide bonds. The standard InChI is InChI=1S/C14H22N2O4/c1-9(8-16-4-2-15-3-5-16)14(20)13-11(18)6-10(17)7-12(13)19/h6-7,9,14-15,17-20H,2-5,8H2,1H3. The summed E-state index contributed by atoms with van der Waals surface area (Å²) in [4.78, 5) is 2.24. The highest BCUT2D eigenvalue weighted by Gasteiger charge is 2.25. The highest BCUT2D eigenvalue weighted by molar-refractivity contribution is 5.50. The average molecular weight is 282 g/mol. The van der Waals surface area contributed by atoms with E-state index in [0.29, 0.717) is 6.54 Å². The van der Waals surface area contributed by atoms with Gasteiger partial charge in [-0.25, -0.2) is 0 Å². The zero-order chi connectivity index (χ0) is 14.7. The van der Waals surface area contributed by atoms with Gasteiger partial charge in [-0.3, -0.25) is 0 Å². The molecule has 2 rings (SSSR count). The van der Waals surface area contributed by atoms with Gasteiger partial charge in [-0.2, -0.15) is 0 Å². The third-order valence-corrected chi connectivity index (χ3v) is 3.71. The Hall–Kier alpha value is -1.50. The molecule has 20 heavy (non-hydrogen) atoms. The molecule has 1 aliphatic heterocycles. The van der Waals surface area contributed by atoms with E-state index in [1.807, 2.05) is 6.92 Å². The number of hydrogen-bond donors (Lipinski definition) is 5. The Balaban J connectivity index is 2.08. The highest BCUT2D eigenvalue weighted by Crippen LogP contribution is 2.39. The van der Waals surface area contributed by atoms with Gasteiger partial charge in [-0.1, -0.05) is 6.92 Å². The molecule has 1 aromatic carbocycles. The fourth-order valence-electron chi connectivity index (χ4n) is 2.60. The second-order valence-corrected chi connectivity index (χ2v) is 5.37. The van der Waals surface area contributed by atoms with Crippen LogP contribution >= 0.6 is 0 Å². The van der Waals surface area contributed by atoms with E-state index in [1.165, 1.54) is 0 Å². The van der Waals surface area contributed by atoms with Crippen molar-refractivity contribution in [2.45, 2.75) is 13.0 Å². The van der Waals surface area contributed by atoms with Gasteiger partial charge in [0.1, 0.15) is 17.2 Å². The van der Waals surface area contributed by atoms with Crippen molar-refractivity contribution < 1.29 is 20.4 Å². The van der Waals surface area contributed by atoms with E-state index in [9.17, 15) is 20.4 Å². The van der Waals surface area contributed by atoms with E-state index in [4.69, 9.17) is 0 Å². The van der Waals surface area contributed by atoms with Crippen molar-refractivity contribution in [1.29, 1.82) is 0 Å². The molecule has 1 fully saturated rings. The Morgan fingerprint density at radius 1 is 1.15 bits per heavy atom. The van der Waals surface area contributed by atoms with Crippen LogP contribution in [-0.4, -0.2) is 58.0 Å². The molecule has 0 bridgehead atoms. The van der Waals surface area contributed by atoms with Crippen LogP contribution in [0.2, 0.25) is 0 Å². The molecule has 6 nitrogen and oxygen atoms in total. The summed E-state index contributed by atoms with van der Waals surface area (Å²) in [5.41, 5.74) is 0.0745. The third-order valence-electron chi connectivity index (χ3n) is 3.71. The van der Waals surface area contributed by atoms with Gasteiger partial charge in [-0.05, 0) is 5.92 Å². The second kappa shape index (κ2) is 6.30. The lowest BCUT2D eigenvalue weighted by atomic mass is 9.95. The minimum Gasteiger partial charge on any atom is -0.508 e. The molecule has 0 spiro atoms. The summed E-state index contributed by atoms with van der Waals surface area (Å²) in [6, 6.07) is 2.24. The molecule has 0 aliphatic carbocycles. The monoisotopic (exact) mass is 282 g/mol. The summed E-state index contributed by atoms with van der Waals surface area (Å²) in [5, 5.41) is 42.5. The van der Waals surface area contributed by atoms with E-state index in [1.54, 1.807) is 0 Å². The lowest BCUT2D eigenvalue weighted by molar-refractivity contribution is 0.0802. The van der Waals surface area contributed by atoms with Crippen LogP contribution in [0.3, 0.4) is 0 Å². The smallest absolute Gasteiger partial charge is 0.128 e. The molecule has 1 aromatic rings. The minimum atomic E-state index is -0.981. The summed E-state index contributed by atoms with van der Waals surface area (Å²) in [6.45, 7) is 6.26. The Morgan fingerprint density at radius 3 is 2.25 bits per heavy atom. The maximum atomic E-state index is 10.3. The first kappa shape index (κ1) is 14.9. The molecule has 1 saturated heterocycles. The maximum Gasteiger partial charge on any atom is 0.128 e.